The molecule has 0 aromatic carbocycles. The number of urea groups is 1. The van der Waals surface area contributed by atoms with Crippen LogP contribution in [0.4, 0.5) is 4.79 Å². The third-order valence-corrected chi connectivity index (χ3v) is 3.74. The predicted octanol–water partition coefficient (Wildman–Crippen LogP) is 0.391. The van der Waals surface area contributed by atoms with Crippen LogP contribution in [0, 0.1) is 11.8 Å². The van der Waals surface area contributed by atoms with Gasteiger partial charge in [0.05, 0.1) is 5.92 Å². The third-order valence-electron chi connectivity index (χ3n) is 3.74. The number of nitrogens with one attached hydrogen (secondary N) is 1. The third kappa shape index (κ3) is 3.85. The van der Waals surface area contributed by atoms with Gasteiger partial charge < -0.3 is 21.1 Å². The number of hydrogen-bond donors (Lipinski definition) is 3. The molecule has 0 radical (unpaired) electrons. The quantitative estimate of drug-likeness (QED) is 0.693. The molecule has 1 aliphatic heterocycles. The molecule has 1 heterocycles. The fourth-order valence-electron chi connectivity index (χ4n) is 2.57. The van der Waals surface area contributed by atoms with Crippen LogP contribution in [0.2, 0.25) is 0 Å². The maximum absolute atomic E-state index is 12.5. The van der Waals surface area contributed by atoms with Gasteiger partial charge in [-0.2, -0.15) is 0 Å². The number of piperidine rings is 1. The van der Waals surface area contributed by atoms with Crippen LogP contribution in [0.15, 0.2) is 0 Å². The lowest BCUT2D eigenvalue weighted by atomic mass is 9.90. The van der Waals surface area contributed by atoms with Crippen molar-refractivity contribution in [3.63, 3.8) is 0 Å². The van der Waals surface area contributed by atoms with Gasteiger partial charge >= 0.3 is 12.0 Å². The number of carbonyl (C=O) groups excluding carboxylic acids is 2. The normalized spacial score (nSPS) is 24.3. The number of rotatable bonds is 4. The van der Waals surface area contributed by atoms with Gasteiger partial charge in [-0.1, -0.05) is 13.8 Å². The Labute approximate surface area is 118 Å². The molecule has 1 saturated heterocycles. The molecule has 0 spiro atoms. The standard InChI is InChI=1S/C13H23N3O4/c1-7(2)10(15-13(14)20)11(17)16-5-4-9(12(18)19)6-8(16)3/h7-10H,4-6H2,1-3H3,(H,18,19)(H3,14,15,20). The molecule has 3 unspecified atom stereocenters. The van der Waals surface area contributed by atoms with E-state index in [4.69, 9.17) is 10.8 Å². The zero-order chi connectivity index (χ0) is 15.4. The zero-order valence-electron chi connectivity index (χ0n) is 12.1. The predicted molar refractivity (Wildman–Crippen MR) is 72.9 cm³/mol. The molecule has 0 aromatic rings. The van der Waals surface area contributed by atoms with Crippen molar-refractivity contribution in [3.8, 4) is 0 Å². The van der Waals surface area contributed by atoms with Gasteiger partial charge in [-0.3, -0.25) is 9.59 Å². The summed E-state index contributed by atoms with van der Waals surface area (Å²) in [6.07, 6.45) is 0.870. The van der Waals surface area contributed by atoms with Crippen molar-refractivity contribution in [2.45, 2.75) is 45.7 Å². The number of nitrogens with zero attached hydrogens (tertiary/aromatic N) is 1. The Morgan fingerprint density at radius 3 is 2.35 bits per heavy atom. The number of carboxylic acid groups (broad SMARTS) is 1. The maximum atomic E-state index is 12.5. The smallest absolute Gasteiger partial charge is 0.312 e. The van der Waals surface area contributed by atoms with Crippen molar-refractivity contribution in [1.82, 2.24) is 10.2 Å². The second-order valence-electron chi connectivity index (χ2n) is 5.67. The lowest BCUT2D eigenvalue weighted by molar-refractivity contribution is -0.148. The van der Waals surface area contributed by atoms with E-state index < -0.39 is 24.0 Å². The molecule has 0 bridgehead atoms. The molecule has 114 valence electrons. The van der Waals surface area contributed by atoms with Crippen LogP contribution in [-0.2, 0) is 9.59 Å². The average Bonchev–Trinajstić information content (AvgIpc) is 2.34. The van der Waals surface area contributed by atoms with Gasteiger partial charge in [-0.15, -0.1) is 0 Å². The molecule has 3 amide bonds. The first-order valence-electron chi connectivity index (χ1n) is 6.83. The van der Waals surface area contributed by atoms with Gasteiger partial charge in [-0.05, 0) is 25.7 Å². The van der Waals surface area contributed by atoms with Crippen LogP contribution in [0.25, 0.3) is 0 Å². The largest absolute Gasteiger partial charge is 0.481 e. The molecule has 4 N–H and O–H groups in total. The van der Waals surface area contributed by atoms with Gasteiger partial charge in [0.1, 0.15) is 6.04 Å². The van der Waals surface area contributed by atoms with Crippen molar-refractivity contribution in [3.05, 3.63) is 0 Å². The Kier molecular flexibility index (Phi) is 5.35. The number of primary amides is 1. The second kappa shape index (κ2) is 6.58. The Morgan fingerprint density at radius 2 is 1.95 bits per heavy atom. The maximum Gasteiger partial charge on any atom is 0.312 e. The number of likely N-dealkylation sites (tertiary alicyclic amines) is 1. The molecule has 1 rings (SSSR count). The number of carboxylic acids is 1. The highest BCUT2D eigenvalue weighted by Gasteiger charge is 2.36. The summed E-state index contributed by atoms with van der Waals surface area (Å²) in [5.41, 5.74) is 5.10. The Hall–Kier alpha value is -1.79. The fraction of sp³-hybridized carbons (Fsp3) is 0.769. The van der Waals surface area contributed by atoms with E-state index in [9.17, 15) is 14.4 Å². The van der Waals surface area contributed by atoms with E-state index in [1.54, 1.807) is 4.90 Å². The van der Waals surface area contributed by atoms with E-state index in [1.807, 2.05) is 20.8 Å². The highest BCUT2D eigenvalue weighted by atomic mass is 16.4. The van der Waals surface area contributed by atoms with Gasteiger partial charge in [-0.25, -0.2) is 4.79 Å². The van der Waals surface area contributed by atoms with E-state index >= 15 is 0 Å². The molecule has 3 atom stereocenters. The summed E-state index contributed by atoms with van der Waals surface area (Å²) in [6, 6.07) is -1.56. The van der Waals surface area contributed by atoms with E-state index in [-0.39, 0.29) is 17.9 Å². The fourth-order valence-corrected chi connectivity index (χ4v) is 2.57. The number of aliphatic carboxylic acids is 1. The first-order valence-corrected chi connectivity index (χ1v) is 6.83. The van der Waals surface area contributed by atoms with Crippen LogP contribution >= 0.6 is 0 Å². The second-order valence-corrected chi connectivity index (χ2v) is 5.67. The molecule has 7 heteroatoms. The molecule has 0 aromatic heterocycles. The molecular weight excluding hydrogens is 262 g/mol. The van der Waals surface area contributed by atoms with Gasteiger partial charge in [0.25, 0.3) is 0 Å². The van der Waals surface area contributed by atoms with Gasteiger partial charge in [0, 0.05) is 12.6 Å². The summed E-state index contributed by atoms with van der Waals surface area (Å²) >= 11 is 0. The number of carbonyl (C=O) groups is 3. The van der Waals surface area contributed by atoms with Crippen LogP contribution in [-0.4, -0.2) is 46.5 Å². The average molecular weight is 285 g/mol. The van der Waals surface area contributed by atoms with E-state index in [2.05, 4.69) is 5.32 Å². The summed E-state index contributed by atoms with van der Waals surface area (Å²) in [5, 5.41) is 11.5. The van der Waals surface area contributed by atoms with Crippen molar-refractivity contribution in [2.75, 3.05) is 6.54 Å². The molecule has 20 heavy (non-hydrogen) atoms. The van der Waals surface area contributed by atoms with E-state index in [0.717, 1.165) is 0 Å². The van der Waals surface area contributed by atoms with Crippen molar-refractivity contribution in [2.24, 2.45) is 17.6 Å². The minimum atomic E-state index is -0.820. The number of nitrogens with two attached hydrogens (primary N) is 1. The van der Waals surface area contributed by atoms with Crippen LogP contribution < -0.4 is 11.1 Å². The van der Waals surface area contributed by atoms with Crippen molar-refractivity contribution >= 4 is 17.9 Å². The molecule has 1 fully saturated rings. The van der Waals surface area contributed by atoms with Gasteiger partial charge in [0.15, 0.2) is 0 Å². The topological polar surface area (TPSA) is 113 Å². The van der Waals surface area contributed by atoms with E-state index in [1.165, 1.54) is 0 Å². The highest BCUT2D eigenvalue weighted by Crippen LogP contribution is 2.24. The highest BCUT2D eigenvalue weighted by molar-refractivity contribution is 5.87. The molecule has 7 nitrogen and oxygen atoms in total. The Morgan fingerprint density at radius 1 is 1.35 bits per heavy atom. The van der Waals surface area contributed by atoms with Crippen molar-refractivity contribution < 1.29 is 19.5 Å². The summed E-state index contributed by atoms with van der Waals surface area (Å²) < 4.78 is 0. The van der Waals surface area contributed by atoms with Crippen molar-refractivity contribution in [1.29, 1.82) is 0 Å². The lowest BCUT2D eigenvalue weighted by Gasteiger charge is -2.39. The summed E-state index contributed by atoms with van der Waals surface area (Å²) in [5.74, 6) is -1.51. The first-order chi connectivity index (χ1) is 9.23. The number of amides is 3. The summed E-state index contributed by atoms with van der Waals surface area (Å²) in [7, 11) is 0. The van der Waals surface area contributed by atoms with Crippen LogP contribution in [0.1, 0.15) is 33.6 Å². The SMILES string of the molecule is CC(C)C(NC(N)=O)C(=O)N1CCC(C(=O)O)CC1C. The van der Waals surface area contributed by atoms with Gasteiger partial charge in [0.2, 0.25) is 5.91 Å². The minimum Gasteiger partial charge on any atom is -0.481 e. The minimum absolute atomic E-state index is 0.0839. The lowest BCUT2D eigenvalue weighted by Crippen LogP contribution is -2.56. The summed E-state index contributed by atoms with van der Waals surface area (Å²) in [4.78, 5) is 36.1. The Balaban J connectivity index is 2.75. The molecule has 0 saturated carbocycles. The van der Waals surface area contributed by atoms with Crippen LogP contribution in [0.3, 0.4) is 0 Å². The first kappa shape index (κ1) is 16.3. The molecular formula is C13H23N3O4. The summed E-state index contributed by atoms with van der Waals surface area (Å²) in [6.45, 7) is 5.87. The molecule has 0 aliphatic carbocycles. The van der Waals surface area contributed by atoms with Crippen LogP contribution in [0.5, 0.6) is 0 Å². The number of hydrogen-bond acceptors (Lipinski definition) is 3. The monoisotopic (exact) mass is 285 g/mol. The Bertz CT molecular complexity index is 397. The molecule has 1 aliphatic rings. The van der Waals surface area contributed by atoms with E-state index in [0.29, 0.717) is 19.4 Å². The zero-order valence-corrected chi connectivity index (χ0v) is 12.1.